The van der Waals surface area contributed by atoms with Gasteiger partial charge < -0.3 is 19.6 Å². The molecule has 1 aliphatic rings. The van der Waals surface area contributed by atoms with E-state index < -0.39 is 10.0 Å². The number of aliphatic hydroxyl groups excluding tert-OH is 1. The largest absolute Gasteiger partial charge is 0.447 e. The van der Waals surface area contributed by atoms with Gasteiger partial charge in [0.15, 0.2) is 0 Å². The van der Waals surface area contributed by atoms with E-state index in [1.54, 1.807) is 6.07 Å². The van der Waals surface area contributed by atoms with Crippen LogP contribution in [0, 0.1) is 0 Å². The second kappa shape index (κ2) is 7.19. The predicted octanol–water partition coefficient (Wildman–Crippen LogP) is -0.181. The predicted molar refractivity (Wildman–Crippen MR) is 71.7 cm³/mol. The Morgan fingerprint density at radius 1 is 1.35 bits per heavy atom. The van der Waals surface area contributed by atoms with Gasteiger partial charge in [-0.3, -0.25) is 0 Å². The Kier molecular flexibility index (Phi) is 5.55. The van der Waals surface area contributed by atoms with Gasteiger partial charge in [-0.2, -0.15) is 0 Å². The summed E-state index contributed by atoms with van der Waals surface area (Å²) in [6.45, 7) is 0.997. The number of hydrogen-bond acceptors (Lipinski definition) is 6. The Morgan fingerprint density at radius 2 is 2.15 bits per heavy atom. The minimum atomic E-state index is -3.64. The number of furan rings is 1. The molecule has 1 aromatic rings. The first-order chi connectivity index (χ1) is 9.62. The SMILES string of the molecule is O=S(=O)(NCCOCCO)c1ccc(CNC2CC2)o1. The molecule has 0 aliphatic heterocycles. The molecule has 0 aromatic carbocycles. The Bertz CT molecular complexity index is 510. The van der Waals surface area contributed by atoms with Crippen molar-refractivity contribution in [1.82, 2.24) is 10.0 Å². The maximum absolute atomic E-state index is 11.9. The highest BCUT2D eigenvalue weighted by Crippen LogP contribution is 2.20. The van der Waals surface area contributed by atoms with Gasteiger partial charge in [0, 0.05) is 12.6 Å². The van der Waals surface area contributed by atoms with Crippen LogP contribution >= 0.6 is 0 Å². The van der Waals surface area contributed by atoms with E-state index in [9.17, 15) is 8.42 Å². The van der Waals surface area contributed by atoms with E-state index in [0.29, 0.717) is 18.3 Å². The summed E-state index contributed by atoms with van der Waals surface area (Å²) in [7, 11) is -3.64. The van der Waals surface area contributed by atoms with Gasteiger partial charge >= 0.3 is 0 Å². The summed E-state index contributed by atoms with van der Waals surface area (Å²) in [5.74, 6) is 0.605. The molecule has 2 rings (SSSR count). The minimum absolute atomic E-state index is 0.0811. The van der Waals surface area contributed by atoms with Crippen LogP contribution in [-0.2, 0) is 21.3 Å². The van der Waals surface area contributed by atoms with E-state index in [4.69, 9.17) is 14.3 Å². The van der Waals surface area contributed by atoms with E-state index in [1.165, 1.54) is 18.9 Å². The summed E-state index contributed by atoms with van der Waals surface area (Å²) in [6.07, 6.45) is 2.34. The van der Waals surface area contributed by atoms with E-state index in [0.717, 1.165) is 0 Å². The highest BCUT2D eigenvalue weighted by Gasteiger charge is 2.22. The van der Waals surface area contributed by atoms with Crippen molar-refractivity contribution in [3.05, 3.63) is 17.9 Å². The number of ether oxygens (including phenoxy) is 1. The van der Waals surface area contributed by atoms with Gasteiger partial charge in [-0.1, -0.05) is 0 Å². The molecule has 1 aromatic heterocycles. The normalized spacial score (nSPS) is 15.7. The third-order valence-electron chi connectivity index (χ3n) is 2.82. The molecular weight excluding hydrogens is 284 g/mol. The van der Waals surface area contributed by atoms with Gasteiger partial charge in [0.2, 0.25) is 5.09 Å². The van der Waals surface area contributed by atoms with Crippen molar-refractivity contribution in [1.29, 1.82) is 0 Å². The maximum Gasteiger partial charge on any atom is 0.274 e. The molecule has 0 atom stereocenters. The highest BCUT2D eigenvalue weighted by molar-refractivity contribution is 7.89. The zero-order chi connectivity index (χ0) is 14.4. The molecule has 7 nitrogen and oxygen atoms in total. The lowest BCUT2D eigenvalue weighted by molar-refractivity contribution is 0.0961. The van der Waals surface area contributed by atoms with Gasteiger partial charge in [0.05, 0.1) is 26.4 Å². The third kappa shape index (κ3) is 4.88. The van der Waals surface area contributed by atoms with E-state index in [1.807, 2.05) is 0 Å². The van der Waals surface area contributed by atoms with Gasteiger partial charge in [-0.25, -0.2) is 13.1 Å². The summed E-state index contributed by atoms with van der Waals surface area (Å²) >= 11 is 0. The summed E-state index contributed by atoms with van der Waals surface area (Å²) in [6, 6.07) is 3.65. The molecule has 0 spiro atoms. The summed E-state index contributed by atoms with van der Waals surface area (Å²) in [5.41, 5.74) is 0. The van der Waals surface area contributed by atoms with Crippen LogP contribution in [0.5, 0.6) is 0 Å². The standard InChI is InChI=1S/C12H20N2O5S/c15-6-8-18-7-5-14-20(16,17)12-4-3-11(19-12)9-13-10-1-2-10/h3-4,10,13-15H,1-2,5-9H2. The van der Waals surface area contributed by atoms with Crippen LogP contribution in [0.3, 0.4) is 0 Å². The fourth-order valence-corrected chi connectivity index (χ4v) is 2.57. The van der Waals surface area contributed by atoms with Crippen LogP contribution in [0.2, 0.25) is 0 Å². The summed E-state index contributed by atoms with van der Waals surface area (Å²) in [4.78, 5) is 0. The molecule has 8 heteroatoms. The molecule has 1 fully saturated rings. The van der Waals surface area contributed by atoms with Crippen LogP contribution in [0.25, 0.3) is 0 Å². The molecule has 1 heterocycles. The molecular formula is C12H20N2O5S. The van der Waals surface area contributed by atoms with E-state index in [-0.39, 0.29) is 31.5 Å². The smallest absolute Gasteiger partial charge is 0.274 e. The number of rotatable bonds is 10. The van der Waals surface area contributed by atoms with Crippen LogP contribution in [0.1, 0.15) is 18.6 Å². The van der Waals surface area contributed by atoms with Crippen molar-refractivity contribution in [2.45, 2.75) is 30.5 Å². The van der Waals surface area contributed by atoms with Crippen molar-refractivity contribution >= 4 is 10.0 Å². The fraction of sp³-hybridized carbons (Fsp3) is 0.667. The lowest BCUT2D eigenvalue weighted by atomic mass is 10.4. The van der Waals surface area contributed by atoms with Crippen molar-refractivity contribution in [2.75, 3.05) is 26.4 Å². The fourth-order valence-electron chi connectivity index (χ4n) is 1.62. The number of sulfonamides is 1. The van der Waals surface area contributed by atoms with Gasteiger partial charge in [-0.15, -0.1) is 0 Å². The second-order valence-electron chi connectivity index (χ2n) is 4.61. The van der Waals surface area contributed by atoms with Gasteiger partial charge in [-0.05, 0) is 25.0 Å². The van der Waals surface area contributed by atoms with Crippen LogP contribution in [0.4, 0.5) is 0 Å². The first-order valence-electron chi connectivity index (χ1n) is 6.62. The van der Waals surface area contributed by atoms with Crippen molar-refractivity contribution in [3.63, 3.8) is 0 Å². The Hall–Kier alpha value is -0.930. The van der Waals surface area contributed by atoms with Crippen molar-refractivity contribution < 1.29 is 22.7 Å². The zero-order valence-electron chi connectivity index (χ0n) is 11.2. The van der Waals surface area contributed by atoms with E-state index >= 15 is 0 Å². The molecule has 0 radical (unpaired) electrons. The molecule has 0 saturated heterocycles. The lowest BCUT2D eigenvalue weighted by Crippen LogP contribution is -2.27. The van der Waals surface area contributed by atoms with Gasteiger partial charge in [0.25, 0.3) is 10.0 Å². The zero-order valence-corrected chi connectivity index (χ0v) is 12.0. The molecule has 20 heavy (non-hydrogen) atoms. The van der Waals surface area contributed by atoms with Crippen LogP contribution in [0.15, 0.2) is 21.6 Å². The molecule has 114 valence electrons. The Labute approximate surface area is 118 Å². The molecule has 0 bridgehead atoms. The van der Waals surface area contributed by atoms with Crippen molar-refractivity contribution in [3.8, 4) is 0 Å². The van der Waals surface area contributed by atoms with Crippen molar-refractivity contribution in [2.24, 2.45) is 0 Å². The highest BCUT2D eigenvalue weighted by atomic mass is 32.2. The molecule has 0 amide bonds. The number of aliphatic hydroxyl groups is 1. The third-order valence-corrected chi connectivity index (χ3v) is 4.15. The average molecular weight is 304 g/mol. The average Bonchev–Trinajstić information content (AvgIpc) is 3.12. The number of nitrogens with one attached hydrogen (secondary N) is 2. The lowest BCUT2D eigenvalue weighted by Gasteiger charge is -2.04. The molecule has 0 unspecified atom stereocenters. The van der Waals surface area contributed by atoms with Crippen LogP contribution in [-0.4, -0.2) is 45.9 Å². The number of hydrogen-bond donors (Lipinski definition) is 3. The Balaban J connectivity index is 1.78. The first kappa shape index (κ1) is 15.5. The topological polar surface area (TPSA) is 101 Å². The molecule has 3 N–H and O–H groups in total. The molecule has 1 aliphatic carbocycles. The maximum atomic E-state index is 11.9. The van der Waals surface area contributed by atoms with E-state index in [2.05, 4.69) is 10.0 Å². The molecule has 1 saturated carbocycles. The van der Waals surface area contributed by atoms with Gasteiger partial charge in [0.1, 0.15) is 5.76 Å². The monoisotopic (exact) mass is 304 g/mol. The first-order valence-corrected chi connectivity index (χ1v) is 8.10. The minimum Gasteiger partial charge on any atom is -0.447 e. The summed E-state index contributed by atoms with van der Waals surface area (Å²) < 4.78 is 36.5. The quantitative estimate of drug-likeness (QED) is 0.518. The Morgan fingerprint density at radius 3 is 2.85 bits per heavy atom. The summed E-state index contributed by atoms with van der Waals surface area (Å²) in [5, 5.41) is 11.7. The van der Waals surface area contributed by atoms with Crippen LogP contribution < -0.4 is 10.0 Å². The second-order valence-corrected chi connectivity index (χ2v) is 6.31.